The Bertz CT molecular complexity index is 602. The molecule has 0 radical (unpaired) electrons. The van der Waals surface area contributed by atoms with Crippen LogP contribution in [0.4, 0.5) is 0 Å². The Balaban J connectivity index is 2.27. The molecule has 20 heavy (non-hydrogen) atoms. The molecule has 0 heterocycles. The van der Waals surface area contributed by atoms with Crippen molar-refractivity contribution in [1.29, 1.82) is 0 Å². The summed E-state index contributed by atoms with van der Waals surface area (Å²) in [6.07, 6.45) is 0. The highest BCUT2D eigenvalue weighted by molar-refractivity contribution is 6.35. The van der Waals surface area contributed by atoms with E-state index in [-0.39, 0.29) is 13.2 Å². The van der Waals surface area contributed by atoms with Gasteiger partial charge in [0.2, 0.25) is 0 Å². The summed E-state index contributed by atoms with van der Waals surface area (Å²) >= 11 is 17.8. The molecule has 3 nitrogen and oxygen atoms in total. The third-order valence-electron chi connectivity index (χ3n) is 2.37. The summed E-state index contributed by atoms with van der Waals surface area (Å²) in [6, 6.07) is 9.87. The van der Waals surface area contributed by atoms with Gasteiger partial charge < -0.3 is 14.6 Å². The minimum atomic E-state index is -0.104. The molecule has 0 aliphatic rings. The van der Waals surface area contributed by atoms with Crippen LogP contribution in [0.5, 0.6) is 17.2 Å². The summed E-state index contributed by atoms with van der Waals surface area (Å²) in [5.41, 5.74) is 0. The second kappa shape index (κ2) is 7.04. The fourth-order valence-corrected chi connectivity index (χ4v) is 2.12. The molecule has 0 spiro atoms. The summed E-state index contributed by atoms with van der Waals surface area (Å²) in [6.45, 7) is 0.0404. The van der Waals surface area contributed by atoms with E-state index in [4.69, 9.17) is 49.4 Å². The van der Waals surface area contributed by atoms with Gasteiger partial charge in [0.15, 0.2) is 11.5 Å². The third kappa shape index (κ3) is 3.93. The Labute approximate surface area is 131 Å². The first-order valence-corrected chi connectivity index (χ1v) is 6.89. The van der Waals surface area contributed by atoms with Crippen LogP contribution < -0.4 is 9.47 Å². The van der Waals surface area contributed by atoms with Gasteiger partial charge in [0.25, 0.3) is 0 Å². The molecule has 2 rings (SSSR count). The number of aliphatic hydroxyl groups is 1. The Morgan fingerprint density at radius 1 is 0.850 bits per heavy atom. The SMILES string of the molecule is OCCOc1cc(Cl)ccc1Oc1ccc(Cl)cc1Cl. The molecular formula is C14H11Cl3O3. The van der Waals surface area contributed by atoms with E-state index >= 15 is 0 Å². The van der Waals surface area contributed by atoms with Crippen molar-refractivity contribution in [3.8, 4) is 17.2 Å². The molecule has 0 unspecified atom stereocenters. The van der Waals surface area contributed by atoms with Gasteiger partial charge in [0.05, 0.1) is 11.6 Å². The number of hydrogen-bond donors (Lipinski definition) is 1. The molecule has 2 aromatic rings. The van der Waals surface area contributed by atoms with Gasteiger partial charge in [-0.15, -0.1) is 0 Å². The second-order valence-corrected chi connectivity index (χ2v) is 5.12. The van der Waals surface area contributed by atoms with E-state index < -0.39 is 0 Å². The number of halogens is 3. The Morgan fingerprint density at radius 3 is 2.15 bits per heavy atom. The van der Waals surface area contributed by atoms with Crippen LogP contribution in [0.1, 0.15) is 0 Å². The van der Waals surface area contributed by atoms with Crippen LogP contribution in [0.15, 0.2) is 36.4 Å². The van der Waals surface area contributed by atoms with Gasteiger partial charge in [-0.2, -0.15) is 0 Å². The second-order valence-electron chi connectivity index (χ2n) is 3.84. The maximum Gasteiger partial charge on any atom is 0.169 e. The summed E-state index contributed by atoms with van der Waals surface area (Å²) in [5.74, 6) is 1.33. The van der Waals surface area contributed by atoms with Crippen molar-refractivity contribution in [1.82, 2.24) is 0 Å². The fourth-order valence-electron chi connectivity index (χ4n) is 1.51. The van der Waals surface area contributed by atoms with Crippen molar-refractivity contribution in [2.45, 2.75) is 0 Å². The van der Waals surface area contributed by atoms with Gasteiger partial charge in [-0.05, 0) is 30.3 Å². The van der Waals surface area contributed by atoms with E-state index in [1.165, 1.54) is 0 Å². The van der Waals surface area contributed by atoms with E-state index in [2.05, 4.69) is 0 Å². The summed E-state index contributed by atoms with van der Waals surface area (Å²) in [5, 5.41) is 10.2. The van der Waals surface area contributed by atoms with Gasteiger partial charge in [0.1, 0.15) is 12.4 Å². The highest BCUT2D eigenvalue weighted by atomic mass is 35.5. The van der Waals surface area contributed by atoms with E-state index in [9.17, 15) is 0 Å². The molecule has 0 aromatic heterocycles. The molecular weight excluding hydrogens is 323 g/mol. The zero-order valence-corrected chi connectivity index (χ0v) is 12.5. The maximum absolute atomic E-state index is 8.82. The first-order chi connectivity index (χ1) is 9.60. The molecule has 6 heteroatoms. The van der Waals surface area contributed by atoms with Gasteiger partial charge in [-0.3, -0.25) is 0 Å². The average molecular weight is 334 g/mol. The van der Waals surface area contributed by atoms with Crippen LogP contribution in [-0.4, -0.2) is 18.3 Å². The molecule has 2 aromatic carbocycles. The minimum Gasteiger partial charge on any atom is -0.487 e. The van der Waals surface area contributed by atoms with Crippen molar-refractivity contribution >= 4 is 34.8 Å². The summed E-state index contributed by atoms with van der Waals surface area (Å²) in [7, 11) is 0. The Morgan fingerprint density at radius 2 is 1.50 bits per heavy atom. The van der Waals surface area contributed by atoms with Crippen LogP contribution in [0.25, 0.3) is 0 Å². The van der Waals surface area contributed by atoms with Crippen LogP contribution in [0.2, 0.25) is 15.1 Å². The van der Waals surface area contributed by atoms with E-state index in [0.717, 1.165) is 0 Å². The van der Waals surface area contributed by atoms with Crippen LogP contribution in [-0.2, 0) is 0 Å². The maximum atomic E-state index is 8.82. The van der Waals surface area contributed by atoms with Crippen LogP contribution in [0.3, 0.4) is 0 Å². The topological polar surface area (TPSA) is 38.7 Å². The molecule has 0 saturated carbocycles. The van der Waals surface area contributed by atoms with Crippen LogP contribution >= 0.6 is 34.8 Å². The minimum absolute atomic E-state index is 0.104. The first kappa shape index (κ1) is 15.3. The predicted molar refractivity (Wildman–Crippen MR) is 80.6 cm³/mol. The molecule has 106 valence electrons. The fraction of sp³-hybridized carbons (Fsp3) is 0.143. The summed E-state index contributed by atoms with van der Waals surface area (Å²) < 4.78 is 11.1. The van der Waals surface area contributed by atoms with E-state index in [0.29, 0.717) is 32.3 Å². The molecule has 0 aliphatic carbocycles. The van der Waals surface area contributed by atoms with Gasteiger partial charge in [0, 0.05) is 16.1 Å². The normalized spacial score (nSPS) is 10.4. The molecule has 0 atom stereocenters. The molecule has 1 N–H and O–H groups in total. The van der Waals surface area contributed by atoms with Gasteiger partial charge in [-0.1, -0.05) is 34.8 Å². The number of benzene rings is 2. The Kier molecular flexibility index (Phi) is 5.38. The molecule has 0 aliphatic heterocycles. The highest BCUT2D eigenvalue weighted by Crippen LogP contribution is 2.37. The highest BCUT2D eigenvalue weighted by Gasteiger charge is 2.10. The molecule has 0 saturated heterocycles. The van der Waals surface area contributed by atoms with E-state index in [1.807, 2.05) is 0 Å². The van der Waals surface area contributed by atoms with Gasteiger partial charge in [-0.25, -0.2) is 0 Å². The molecule has 0 fully saturated rings. The number of hydrogen-bond acceptors (Lipinski definition) is 3. The molecule has 0 bridgehead atoms. The first-order valence-electron chi connectivity index (χ1n) is 5.76. The van der Waals surface area contributed by atoms with E-state index in [1.54, 1.807) is 36.4 Å². The van der Waals surface area contributed by atoms with Crippen molar-refractivity contribution < 1.29 is 14.6 Å². The number of rotatable bonds is 5. The summed E-state index contributed by atoms with van der Waals surface area (Å²) in [4.78, 5) is 0. The lowest BCUT2D eigenvalue weighted by molar-refractivity contribution is 0.198. The number of ether oxygens (including phenoxy) is 2. The smallest absolute Gasteiger partial charge is 0.169 e. The van der Waals surface area contributed by atoms with Crippen molar-refractivity contribution in [3.63, 3.8) is 0 Å². The van der Waals surface area contributed by atoms with Crippen molar-refractivity contribution in [2.24, 2.45) is 0 Å². The lowest BCUT2D eigenvalue weighted by Gasteiger charge is -2.13. The average Bonchev–Trinajstić information content (AvgIpc) is 2.41. The standard InChI is InChI=1S/C14H11Cl3O3/c15-9-1-3-12(11(17)7-9)20-13-4-2-10(16)8-14(13)19-6-5-18/h1-4,7-8,18H,5-6H2. The largest absolute Gasteiger partial charge is 0.487 e. The van der Waals surface area contributed by atoms with Crippen molar-refractivity contribution in [2.75, 3.05) is 13.2 Å². The monoisotopic (exact) mass is 332 g/mol. The molecule has 0 amide bonds. The zero-order valence-electron chi connectivity index (χ0n) is 10.3. The quantitative estimate of drug-likeness (QED) is 0.853. The Hall–Kier alpha value is -1.13. The van der Waals surface area contributed by atoms with Crippen LogP contribution in [0, 0.1) is 0 Å². The van der Waals surface area contributed by atoms with Gasteiger partial charge >= 0.3 is 0 Å². The predicted octanol–water partition coefficient (Wildman–Crippen LogP) is 4.81. The van der Waals surface area contributed by atoms with Crippen molar-refractivity contribution in [3.05, 3.63) is 51.5 Å². The third-order valence-corrected chi connectivity index (χ3v) is 3.13. The zero-order chi connectivity index (χ0) is 14.5. The lowest BCUT2D eigenvalue weighted by atomic mass is 10.3. The lowest BCUT2D eigenvalue weighted by Crippen LogP contribution is -2.02. The number of aliphatic hydroxyl groups excluding tert-OH is 1.